The van der Waals surface area contributed by atoms with E-state index >= 15 is 0 Å². The van der Waals surface area contributed by atoms with Crippen LogP contribution in [0.1, 0.15) is 53.2 Å². The molecule has 4 atom stereocenters. The minimum atomic E-state index is -2.21. The van der Waals surface area contributed by atoms with Crippen molar-refractivity contribution in [3.63, 3.8) is 0 Å². The summed E-state index contributed by atoms with van der Waals surface area (Å²) in [6.07, 6.45) is -2.40. The molecule has 0 spiro atoms. The van der Waals surface area contributed by atoms with Crippen molar-refractivity contribution in [3.8, 4) is 11.8 Å². The number of esters is 1. The predicted octanol–water partition coefficient (Wildman–Crippen LogP) is 4.83. The first-order chi connectivity index (χ1) is 15.8. The molecule has 0 aliphatic carbocycles. The summed E-state index contributed by atoms with van der Waals surface area (Å²) in [4.78, 5) is 11.9. The first-order valence-electron chi connectivity index (χ1n) is 11.7. The first-order valence-corrected chi connectivity index (χ1v) is 14.6. The molecule has 1 heterocycles. The van der Waals surface area contributed by atoms with Crippen molar-refractivity contribution in [2.24, 2.45) is 0 Å². The van der Waals surface area contributed by atoms with E-state index in [1.54, 1.807) is 6.92 Å². The standard InChI is InChI=1S/C26H40O7Si/c1-10-29-21(27)17-16-20(30-18-28-7)23-24(32-26(5,6)31-23)22(19-14-12-11-13-15-19)33-34(8,9)25(2,3)4/h11-15,20,22-24H,10,18H2,1-9H3/t20-,22-,23+,24+/m0/s1. The van der Waals surface area contributed by atoms with Crippen molar-refractivity contribution < 1.29 is 32.9 Å². The monoisotopic (exact) mass is 492 g/mol. The minimum Gasteiger partial charge on any atom is -0.456 e. The molecule has 8 heteroatoms. The van der Waals surface area contributed by atoms with Crippen LogP contribution in [-0.4, -0.2) is 58.9 Å². The summed E-state index contributed by atoms with van der Waals surface area (Å²) in [6.45, 7) is 16.7. The lowest BCUT2D eigenvalue weighted by molar-refractivity contribution is -0.165. The smallest absolute Gasteiger partial charge is 0.384 e. The Bertz CT molecular complexity index is 851. The Hall–Kier alpha value is -1.73. The van der Waals surface area contributed by atoms with Crippen LogP contribution in [-0.2, 0) is 32.9 Å². The highest BCUT2D eigenvalue weighted by molar-refractivity contribution is 6.74. The van der Waals surface area contributed by atoms with E-state index in [0.29, 0.717) is 0 Å². The van der Waals surface area contributed by atoms with Crippen LogP contribution < -0.4 is 0 Å². The number of hydrogen-bond donors (Lipinski definition) is 0. The zero-order valence-electron chi connectivity index (χ0n) is 22.0. The lowest BCUT2D eigenvalue weighted by Gasteiger charge is -2.41. The molecule has 7 nitrogen and oxygen atoms in total. The quantitative estimate of drug-likeness (QED) is 0.161. The van der Waals surface area contributed by atoms with Crippen molar-refractivity contribution >= 4 is 14.3 Å². The first kappa shape index (κ1) is 28.5. The number of benzene rings is 1. The third-order valence-corrected chi connectivity index (χ3v) is 10.5. The van der Waals surface area contributed by atoms with Gasteiger partial charge in [-0.3, -0.25) is 0 Å². The van der Waals surface area contributed by atoms with E-state index in [1.165, 1.54) is 7.11 Å². The van der Waals surface area contributed by atoms with Crippen molar-refractivity contribution in [2.45, 2.75) is 89.9 Å². The van der Waals surface area contributed by atoms with Crippen LogP contribution in [0.5, 0.6) is 0 Å². The molecule has 1 aliphatic heterocycles. The average molecular weight is 493 g/mol. The molecule has 1 saturated heterocycles. The third kappa shape index (κ3) is 7.64. The maximum absolute atomic E-state index is 11.9. The van der Waals surface area contributed by atoms with Crippen LogP contribution in [0.25, 0.3) is 0 Å². The molecule has 0 saturated carbocycles. The van der Waals surface area contributed by atoms with Gasteiger partial charge in [-0.05, 0) is 44.5 Å². The molecule has 1 aliphatic rings. The van der Waals surface area contributed by atoms with Gasteiger partial charge in [0, 0.05) is 13.0 Å². The van der Waals surface area contributed by atoms with Crippen LogP contribution in [0.3, 0.4) is 0 Å². The molecule has 190 valence electrons. The average Bonchev–Trinajstić information content (AvgIpc) is 3.07. The molecule has 0 N–H and O–H groups in total. The molecule has 2 rings (SSSR count). The van der Waals surface area contributed by atoms with Crippen LogP contribution in [0.15, 0.2) is 30.3 Å². The van der Waals surface area contributed by atoms with Gasteiger partial charge in [-0.15, -0.1) is 0 Å². The largest absolute Gasteiger partial charge is 0.456 e. The molecule has 0 aromatic heterocycles. The molecule has 0 unspecified atom stereocenters. The van der Waals surface area contributed by atoms with Crippen LogP contribution >= 0.6 is 0 Å². The Labute approximate surface area is 205 Å². The van der Waals surface area contributed by atoms with Crippen molar-refractivity contribution in [1.82, 2.24) is 0 Å². The van der Waals surface area contributed by atoms with Crippen molar-refractivity contribution in [3.05, 3.63) is 35.9 Å². The summed E-state index contributed by atoms with van der Waals surface area (Å²) >= 11 is 0. The fourth-order valence-electron chi connectivity index (χ4n) is 3.40. The molecule has 34 heavy (non-hydrogen) atoms. The summed E-state index contributed by atoms with van der Waals surface area (Å²) in [6, 6.07) is 9.98. The van der Waals surface area contributed by atoms with Gasteiger partial charge in [0.15, 0.2) is 20.2 Å². The van der Waals surface area contributed by atoms with Gasteiger partial charge in [0.2, 0.25) is 0 Å². The van der Waals surface area contributed by atoms with E-state index in [9.17, 15) is 4.79 Å². The van der Waals surface area contributed by atoms with Gasteiger partial charge in [-0.25, -0.2) is 4.79 Å². The van der Waals surface area contributed by atoms with Crippen LogP contribution in [0, 0.1) is 11.8 Å². The fraction of sp³-hybridized carbons (Fsp3) is 0.654. The van der Waals surface area contributed by atoms with E-state index < -0.39 is 44.5 Å². The number of methoxy groups -OCH3 is 1. The summed E-state index contributed by atoms with van der Waals surface area (Å²) in [5, 5.41) is -0.0137. The second-order valence-corrected chi connectivity index (χ2v) is 15.0. The molecule has 0 radical (unpaired) electrons. The van der Waals surface area contributed by atoms with E-state index in [1.807, 2.05) is 44.2 Å². The zero-order chi connectivity index (χ0) is 25.6. The van der Waals surface area contributed by atoms with Gasteiger partial charge in [0.05, 0.1) is 12.7 Å². The molecular formula is C26H40O7Si. The molecule has 1 aromatic carbocycles. The zero-order valence-corrected chi connectivity index (χ0v) is 23.0. The van der Waals surface area contributed by atoms with Gasteiger partial charge in [-0.2, -0.15) is 0 Å². The molecule has 1 aromatic rings. The number of carbonyl (C=O) groups excluding carboxylic acids is 1. The van der Waals surface area contributed by atoms with Gasteiger partial charge >= 0.3 is 5.97 Å². The summed E-state index contributed by atoms with van der Waals surface area (Å²) in [5.74, 6) is 3.85. The fourth-order valence-corrected chi connectivity index (χ4v) is 4.66. The molecule has 0 bridgehead atoms. The second-order valence-electron chi connectivity index (χ2n) is 10.3. The maximum atomic E-state index is 11.9. The SMILES string of the molecule is CCOC(=O)C#C[C@H](OCOC)[C@H]1OC(C)(C)O[C@@H]1[C@@H](O[Si](C)(C)C(C)(C)C)c1ccccc1. The highest BCUT2D eigenvalue weighted by Crippen LogP contribution is 2.45. The summed E-state index contributed by atoms with van der Waals surface area (Å²) < 4.78 is 35.6. The van der Waals surface area contributed by atoms with E-state index in [2.05, 4.69) is 45.7 Å². The lowest BCUT2D eigenvalue weighted by Crippen LogP contribution is -2.47. The number of carbonyl (C=O) groups is 1. The summed E-state index contributed by atoms with van der Waals surface area (Å²) in [5.41, 5.74) is 0.979. The Balaban J connectivity index is 2.51. The third-order valence-electron chi connectivity index (χ3n) is 6.07. The molecule has 0 amide bonds. The Morgan fingerprint density at radius 2 is 1.76 bits per heavy atom. The Morgan fingerprint density at radius 3 is 2.32 bits per heavy atom. The normalized spacial score (nSPS) is 21.9. The van der Waals surface area contributed by atoms with E-state index in [0.717, 1.165) is 5.56 Å². The molecule has 1 fully saturated rings. The van der Waals surface area contributed by atoms with Gasteiger partial charge < -0.3 is 28.1 Å². The highest BCUT2D eigenvalue weighted by atomic mass is 28.4. The Kier molecular flexibility index (Phi) is 9.89. The van der Waals surface area contributed by atoms with Gasteiger partial charge in [-0.1, -0.05) is 57.0 Å². The number of ether oxygens (including phenoxy) is 5. The second kappa shape index (κ2) is 11.8. The van der Waals surface area contributed by atoms with E-state index in [4.69, 9.17) is 28.1 Å². The minimum absolute atomic E-state index is 0.0137. The number of rotatable bonds is 9. The predicted molar refractivity (Wildman–Crippen MR) is 132 cm³/mol. The van der Waals surface area contributed by atoms with Crippen LogP contribution in [0.4, 0.5) is 0 Å². The van der Waals surface area contributed by atoms with Crippen molar-refractivity contribution in [2.75, 3.05) is 20.5 Å². The number of hydrogen-bond acceptors (Lipinski definition) is 7. The van der Waals surface area contributed by atoms with Crippen LogP contribution in [0.2, 0.25) is 18.1 Å². The summed E-state index contributed by atoms with van der Waals surface area (Å²) in [7, 11) is -0.688. The topological polar surface area (TPSA) is 72.5 Å². The maximum Gasteiger partial charge on any atom is 0.384 e. The lowest BCUT2D eigenvalue weighted by atomic mass is 9.97. The highest BCUT2D eigenvalue weighted by Gasteiger charge is 2.52. The van der Waals surface area contributed by atoms with Gasteiger partial charge in [0.1, 0.15) is 19.0 Å². The van der Waals surface area contributed by atoms with Gasteiger partial charge in [0.25, 0.3) is 0 Å². The Morgan fingerprint density at radius 1 is 1.15 bits per heavy atom. The van der Waals surface area contributed by atoms with Crippen molar-refractivity contribution in [1.29, 1.82) is 0 Å². The molecular weight excluding hydrogens is 452 g/mol. The van der Waals surface area contributed by atoms with E-state index in [-0.39, 0.29) is 18.4 Å².